The average molecular weight is 215 g/mol. The maximum Gasteiger partial charge on any atom is 0.173 e. The molecule has 0 N–H and O–H groups in total. The van der Waals surface area contributed by atoms with Gasteiger partial charge in [-0.2, -0.15) is 5.26 Å². The zero-order valence-corrected chi connectivity index (χ0v) is 9.57. The first-order valence-corrected chi connectivity index (χ1v) is 5.23. The van der Waals surface area contributed by atoms with Gasteiger partial charge in [0.2, 0.25) is 0 Å². The Kier molecular flexibility index (Phi) is 2.23. The van der Waals surface area contributed by atoms with E-state index in [0.717, 1.165) is 0 Å². The lowest BCUT2D eigenvalue weighted by molar-refractivity contribution is 0.0319. The van der Waals surface area contributed by atoms with Crippen molar-refractivity contribution in [2.75, 3.05) is 0 Å². The Labute approximate surface area is 94.6 Å². The minimum atomic E-state index is -0.488. The fourth-order valence-electron chi connectivity index (χ4n) is 1.80. The predicted octanol–water partition coefficient (Wildman–Crippen LogP) is 2.55. The van der Waals surface area contributed by atoms with Gasteiger partial charge < -0.3 is 4.74 Å². The van der Waals surface area contributed by atoms with Crippen molar-refractivity contribution >= 4 is 5.78 Å². The third-order valence-corrected chi connectivity index (χ3v) is 3.18. The second kappa shape index (κ2) is 3.34. The molecule has 1 aliphatic rings. The van der Waals surface area contributed by atoms with E-state index in [4.69, 9.17) is 10.00 Å². The Bertz CT molecular complexity index is 497. The number of hydrogen-bond acceptors (Lipinski definition) is 3. The number of fused-ring (bicyclic) bond motifs is 1. The van der Waals surface area contributed by atoms with Crippen LogP contribution in [0, 0.1) is 17.2 Å². The molecule has 1 aromatic carbocycles. The third-order valence-electron chi connectivity index (χ3n) is 3.18. The number of rotatable bonds is 0. The Morgan fingerprint density at radius 1 is 1.44 bits per heavy atom. The van der Waals surface area contributed by atoms with E-state index in [1.54, 1.807) is 18.2 Å². The van der Waals surface area contributed by atoms with Gasteiger partial charge in [-0.05, 0) is 32.0 Å². The first-order chi connectivity index (χ1) is 7.45. The maximum atomic E-state index is 12.1. The highest BCUT2D eigenvalue weighted by atomic mass is 16.5. The first kappa shape index (κ1) is 10.7. The summed E-state index contributed by atoms with van der Waals surface area (Å²) < 4.78 is 5.77. The predicted molar refractivity (Wildman–Crippen MR) is 59.4 cm³/mol. The van der Waals surface area contributed by atoms with Gasteiger partial charge in [0.15, 0.2) is 5.78 Å². The van der Waals surface area contributed by atoms with Crippen LogP contribution in [0.25, 0.3) is 0 Å². The van der Waals surface area contributed by atoms with E-state index >= 15 is 0 Å². The van der Waals surface area contributed by atoms with Gasteiger partial charge in [0.1, 0.15) is 11.4 Å². The molecule has 0 fully saturated rings. The molecular weight excluding hydrogens is 202 g/mol. The van der Waals surface area contributed by atoms with E-state index in [-0.39, 0.29) is 11.7 Å². The molecule has 0 spiro atoms. The first-order valence-electron chi connectivity index (χ1n) is 5.23. The van der Waals surface area contributed by atoms with Crippen LogP contribution in [0.2, 0.25) is 0 Å². The van der Waals surface area contributed by atoms with Crippen molar-refractivity contribution < 1.29 is 9.53 Å². The van der Waals surface area contributed by atoms with Gasteiger partial charge in [0, 0.05) is 0 Å². The second-order valence-corrected chi connectivity index (χ2v) is 4.61. The van der Waals surface area contributed by atoms with E-state index in [1.807, 2.05) is 26.8 Å². The topological polar surface area (TPSA) is 50.1 Å². The summed E-state index contributed by atoms with van der Waals surface area (Å²) in [5, 5.41) is 8.79. The average Bonchev–Trinajstić information content (AvgIpc) is 2.25. The molecule has 0 amide bonds. The molecule has 0 saturated heterocycles. The van der Waals surface area contributed by atoms with E-state index in [1.165, 1.54) is 0 Å². The molecule has 3 nitrogen and oxygen atoms in total. The van der Waals surface area contributed by atoms with Crippen LogP contribution in [0.5, 0.6) is 5.75 Å². The van der Waals surface area contributed by atoms with E-state index in [2.05, 4.69) is 0 Å². The van der Waals surface area contributed by atoms with Crippen LogP contribution in [0.4, 0.5) is 0 Å². The summed E-state index contributed by atoms with van der Waals surface area (Å²) in [7, 11) is 0. The number of nitrogens with zero attached hydrogens (tertiary/aromatic N) is 1. The highest BCUT2D eigenvalue weighted by Crippen LogP contribution is 2.36. The van der Waals surface area contributed by atoms with Crippen molar-refractivity contribution in [2.45, 2.75) is 26.4 Å². The lowest BCUT2D eigenvalue weighted by Crippen LogP contribution is -2.44. The molecule has 0 aromatic heterocycles. The maximum absolute atomic E-state index is 12.1. The van der Waals surface area contributed by atoms with Crippen LogP contribution in [0.1, 0.15) is 36.7 Å². The standard InChI is InChI=1S/C13H13NO2/c1-8-12(15)10-6-9(7-14)4-5-11(10)16-13(8,2)3/h4-6,8H,1-3H3. The minimum absolute atomic E-state index is 0.0448. The molecule has 0 saturated carbocycles. The van der Waals surface area contributed by atoms with Crippen molar-refractivity contribution in [1.82, 2.24) is 0 Å². The Hall–Kier alpha value is -1.82. The number of carbonyl (C=O) groups is 1. The van der Waals surface area contributed by atoms with Gasteiger partial charge in [-0.1, -0.05) is 6.92 Å². The Morgan fingerprint density at radius 3 is 2.75 bits per heavy atom. The van der Waals surface area contributed by atoms with E-state index in [0.29, 0.717) is 16.9 Å². The summed E-state index contributed by atoms with van der Waals surface area (Å²) in [4.78, 5) is 12.1. The summed E-state index contributed by atoms with van der Waals surface area (Å²) in [5.41, 5.74) is 0.520. The summed E-state index contributed by atoms with van der Waals surface area (Å²) in [6.45, 7) is 5.65. The highest BCUT2D eigenvalue weighted by molar-refractivity contribution is 6.02. The van der Waals surface area contributed by atoms with Crippen molar-refractivity contribution in [3.05, 3.63) is 29.3 Å². The fourth-order valence-corrected chi connectivity index (χ4v) is 1.80. The largest absolute Gasteiger partial charge is 0.486 e. The van der Waals surface area contributed by atoms with Crippen LogP contribution in [-0.4, -0.2) is 11.4 Å². The number of benzene rings is 1. The molecule has 0 radical (unpaired) electrons. The van der Waals surface area contributed by atoms with Crippen LogP contribution in [0.15, 0.2) is 18.2 Å². The lowest BCUT2D eigenvalue weighted by atomic mass is 9.82. The van der Waals surface area contributed by atoms with Gasteiger partial charge in [-0.25, -0.2) is 0 Å². The number of carbonyl (C=O) groups excluding carboxylic acids is 1. The van der Waals surface area contributed by atoms with Crippen molar-refractivity contribution in [2.24, 2.45) is 5.92 Å². The number of ether oxygens (including phenoxy) is 1. The molecule has 1 aromatic rings. The summed E-state index contributed by atoms with van der Waals surface area (Å²) in [6, 6.07) is 6.98. The van der Waals surface area contributed by atoms with Gasteiger partial charge in [0.25, 0.3) is 0 Å². The summed E-state index contributed by atoms with van der Waals surface area (Å²) in [6.07, 6.45) is 0. The summed E-state index contributed by atoms with van der Waals surface area (Å²) in [5.74, 6) is 0.421. The molecule has 1 atom stereocenters. The van der Waals surface area contributed by atoms with Crippen molar-refractivity contribution in [3.8, 4) is 11.8 Å². The second-order valence-electron chi connectivity index (χ2n) is 4.61. The SMILES string of the molecule is CC1C(=O)c2cc(C#N)ccc2OC1(C)C. The molecule has 16 heavy (non-hydrogen) atoms. The number of hydrogen-bond donors (Lipinski definition) is 0. The summed E-state index contributed by atoms with van der Waals surface area (Å²) >= 11 is 0. The third kappa shape index (κ3) is 1.47. The van der Waals surface area contributed by atoms with Gasteiger partial charge >= 0.3 is 0 Å². The quantitative estimate of drug-likeness (QED) is 0.668. The number of ketones is 1. The number of Topliss-reactive ketones (excluding diaryl/α,β-unsaturated/α-hetero) is 1. The molecule has 2 rings (SSSR count). The lowest BCUT2D eigenvalue weighted by Gasteiger charge is -2.37. The Balaban J connectivity index is 2.56. The fraction of sp³-hybridized carbons (Fsp3) is 0.385. The molecule has 0 aliphatic carbocycles. The van der Waals surface area contributed by atoms with Crippen molar-refractivity contribution in [3.63, 3.8) is 0 Å². The normalized spacial score (nSPS) is 21.9. The van der Waals surface area contributed by atoms with Crippen LogP contribution in [-0.2, 0) is 0 Å². The van der Waals surface area contributed by atoms with Crippen LogP contribution >= 0.6 is 0 Å². The van der Waals surface area contributed by atoms with Gasteiger partial charge in [0.05, 0.1) is 23.1 Å². The highest BCUT2D eigenvalue weighted by Gasteiger charge is 2.39. The zero-order valence-electron chi connectivity index (χ0n) is 9.57. The minimum Gasteiger partial charge on any atom is -0.486 e. The smallest absolute Gasteiger partial charge is 0.173 e. The molecule has 1 unspecified atom stereocenters. The van der Waals surface area contributed by atoms with Crippen LogP contribution < -0.4 is 4.74 Å². The van der Waals surface area contributed by atoms with Gasteiger partial charge in [-0.3, -0.25) is 4.79 Å². The zero-order chi connectivity index (χ0) is 11.9. The van der Waals surface area contributed by atoms with Gasteiger partial charge in [-0.15, -0.1) is 0 Å². The molecular formula is C13H13NO2. The molecule has 0 bridgehead atoms. The molecule has 1 heterocycles. The molecule has 82 valence electrons. The Morgan fingerprint density at radius 2 is 2.12 bits per heavy atom. The van der Waals surface area contributed by atoms with Crippen LogP contribution in [0.3, 0.4) is 0 Å². The van der Waals surface area contributed by atoms with E-state index < -0.39 is 5.60 Å². The molecule has 3 heteroatoms. The van der Waals surface area contributed by atoms with E-state index in [9.17, 15) is 4.79 Å². The number of nitriles is 1. The van der Waals surface area contributed by atoms with Crippen molar-refractivity contribution in [1.29, 1.82) is 5.26 Å². The molecule has 1 aliphatic heterocycles. The monoisotopic (exact) mass is 215 g/mol.